The maximum atomic E-state index is 6.44. The Kier molecular flexibility index (Phi) is 3.21. The number of thioether (sulfide) groups is 1. The summed E-state index contributed by atoms with van der Waals surface area (Å²) in [6, 6.07) is 16.1. The molecule has 0 amide bonds. The summed E-state index contributed by atoms with van der Waals surface area (Å²) >= 11 is 8.00. The first-order chi connectivity index (χ1) is 10.2. The second kappa shape index (κ2) is 5.09. The molecule has 0 spiro atoms. The molecular weight excluding hydrogens is 302 g/mol. The third-order valence-corrected chi connectivity index (χ3v) is 5.63. The molecular formula is C17H14ClNOS. The van der Waals surface area contributed by atoms with Crippen molar-refractivity contribution in [2.75, 3.05) is 0 Å². The SMILES string of the molecule is NC(c1cc2cccc(Cl)c2o1)C1Cc2ccccc2S1. The van der Waals surface area contributed by atoms with Crippen LogP contribution in [-0.4, -0.2) is 5.25 Å². The fourth-order valence-electron chi connectivity index (χ4n) is 2.80. The van der Waals surface area contributed by atoms with Crippen LogP contribution in [0.3, 0.4) is 0 Å². The van der Waals surface area contributed by atoms with Crippen LogP contribution >= 0.6 is 23.4 Å². The maximum Gasteiger partial charge on any atom is 0.152 e. The molecule has 4 rings (SSSR count). The highest BCUT2D eigenvalue weighted by atomic mass is 35.5. The summed E-state index contributed by atoms with van der Waals surface area (Å²) in [5, 5.41) is 1.95. The molecule has 2 heterocycles. The van der Waals surface area contributed by atoms with Gasteiger partial charge in [-0.05, 0) is 30.2 Å². The molecule has 0 fully saturated rings. The summed E-state index contributed by atoms with van der Waals surface area (Å²) in [5.74, 6) is 0.809. The van der Waals surface area contributed by atoms with Gasteiger partial charge in [-0.1, -0.05) is 41.9 Å². The molecule has 106 valence electrons. The van der Waals surface area contributed by atoms with Gasteiger partial charge in [-0.2, -0.15) is 0 Å². The Hall–Kier alpha value is -1.42. The van der Waals surface area contributed by atoms with E-state index in [2.05, 4.69) is 24.3 Å². The number of hydrogen-bond donors (Lipinski definition) is 1. The predicted octanol–water partition coefficient (Wildman–Crippen LogP) is 4.80. The van der Waals surface area contributed by atoms with E-state index >= 15 is 0 Å². The molecule has 2 atom stereocenters. The summed E-state index contributed by atoms with van der Waals surface area (Å²) in [7, 11) is 0. The van der Waals surface area contributed by atoms with Gasteiger partial charge in [0, 0.05) is 15.5 Å². The summed E-state index contributed by atoms with van der Waals surface area (Å²) in [5.41, 5.74) is 8.54. The monoisotopic (exact) mass is 315 g/mol. The summed E-state index contributed by atoms with van der Waals surface area (Å²) in [6.45, 7) is 0. The van der Waals surface area contributed by atoms with Gasteiger partial charge in [-0.15, -0.1) is 11.8 Å². The zero-order valence-corrected chi connectivity index (χ0v) is 12.8. The van der Waals surface area contributed by atoms with Gasteiger partial charge in [0.1, 0.15) is 5.76 Å². The van der Waals surface area contributed by atoms with Crippen LogP contribution in [0.25, 0.3) is 11.0 Å². The van der Waals surface area contributed by atoms with Crippen molar-refractivity contribution in [3.63, 3.8) is 0 Å². The van der Waals surface area contributed by atoms with E-state index in [-0.39, 0.29) is 6.04 Å². The van der Waals surface area contributed by atoms with Crippen molar-refractivity contribution in [2.24, 2.45) is 5.73 Å². The topological polar surface area (TPSA) is 39.2 Å². The number of fused-ring (bicyclic) bond motifs is 2. The fraction of sp³-hybridized carbons (Fsp3) is 0.176. The van der Waals surface area contributed by atoms with Crippen molar-refractivity contribution in [3.05, 3.63) is 64.9 Å². The molecule has 0 bridgehead atoms. The Balaban J connectivity index is 1.66. The highest BCUT2D eigenvalue weighted by Crippen LogP contribution is 2.42. The molecule has 2 unspecified atom stereocenters. The van der Waals surface area contributed by atoms with Gasteiger partial charge in [-0.25, -0.2) is 0 Å². The van der Waals surface area contributed by atoms with Crippen LogP contribution in [0.5, 0.6) is 0 Å². The molecule has 2 nitrogen and oxygen atoms in total. The molecule has 0 radical (unpaired) electrons. The van der Waals surface area contributed by atoms with Gasteiger partial charge in [0.2, 0.25) is 0 Å². The Labute approximate surface area is 132 Å². The van der Waals surface area contributed by atoms with Gasteiger partial charge >= 0.3 is 0 Å². The molecule has 21 heavy (non-hydrogen) atoms. The molecule has 0 saturated heterocycles. The van der Waals surface area contributed by atoms with Crippen molar-refractivity contribution >= 4 is 34.3 Å². The van der Waals surface area contributed by atoms with Gasteiger partial charge in [-0.3, -0.25) is 0 Å². The van der Waals surface area contributed by atoms with Crippen LogP contribution in [-0.2, 0) is 6.42 Å². The summed E-state index contributed by atoms with van der Waals surface area (Å²) in [6.07, 6.45) is 0.979. The Morgan fingerprint density at radius 3 is 2.86 bits per heavy atom. The summed E-state index contributed by atoms with van der Waals surface area (Å²) in [4.78, 5) is 1.33. The second-order valence-electron chi connectivity index (χ2n) is 5.30. The third kappa shape index (κ3) is 2.26. The quantitative estimate of drug-likeness (QED) is 0.738. The number of furan rings is 1. The number of halogens is 1. The highest BCUT2D eigenvalue weighted by molar-refractivity contribution is 8.00. The van der Waals surface area contributed by atoms with Crippen LogP contribution < -0.4 is 5.73 Å². The van der Waals surface area contributed by atoms with Crippen molar-refractivity contribution in [3.8, 4) is 0 Å². The van der Waals surface area contributed by atoms with Gasteiger partial charge in [0.05, 0.1) is 11.1 Å². The fourth-order valence-corrected chi connectivity index (χ4v) is 4.35. The smallest absolute Gasteiger partial charge is 0.152 e. The molecule has 1 aliphatic rings. The van der Waals surface area contributed by atoms with Gasteiger partial charge in [0.15, 0.2) is 5.58 Å². The molecule has 0 saturated carbocycles. The van der Waals surface area contributed by atoms with Gasteiger partial charge in [0.25, 0.3) is 0 Å². The zero-order valence-electron chi connectivity index (χ0n) is 11.3. The predicted molar refractivity (Wildman–Crippen MR) is 87.9 cm³/mol. The molecule has 2 N–H and O–H groups in total. The van der Waals surface area contributed by atoms with Crippen LogP contribution in [0.2, 0.25) is 5.02 Å². The largest absolute Gasteiger partial charge is 0.458 e. The summed E-state index contributed by atoms with van der Waals surface area (Å²) < 4.78 is 5.90. The third-order valence-electron chi connectivity index (χ3n) is 3.92. The molecule has 3 aromatic rings. The lowest BCUT2D eigenvalue weighted by molar-refractivity contribution is 0.486. The minimum atomic E-state index is -0.133. The van der Waals surface area contributed by atoms with Crippen LogP contribution in [0.1, 0.15) is 17.4 Å². The number of para-hydroxylation sites is 1. The minimum absolute atomic E-state index is 0.133. The molecule has 1 aliphatic heterocycles. The molecule has 2 aromatic carbocycles. The average Bonchev–Trinajstić information content (AvgIpc) is 3.11. The molecule has 4 heteroatoms. The van der Waals surface area contributed by atoms with Crippen molar-refractivity contribution in [2.45, 2.75) is 22.6 Å². The number of benzene rings is 2. The maximum absolute atomic E-state index is 6.44. The number of hydrogen-bond acceptors (Lipinski definition) is 3. The lowest BCUT2D eigenvalue weighted by Crippen LogP contribution is -2.22. The Bertz CT molecular complexity index is 788. The van der Waals surface area contributed by atoms with Crippen molar-refractivity contribution in [1.82, 2.24) is 0 Å². The highest BCUT2D eigenvalue weighted by Gasteiger charge is 2.30. The minimum Gasteiger partial charge on any atom is -0.458 e. The Morgan fingerprint density at radius 1 is 1.19 bits per heavy atom. The van der Waals surface area contributed by atoms with E-state index in [4.69, 9.17) is 21.8 Å². The van der Waals surface area contributed by atoms with Gasteiger partial charge < -0.3 is 10.2 Å². The van der Waals surface area contributed by atoms with E-state index in [1.807, 2.05) is 36.0 Å². The van der Waals surface area contributed by atoms with Crippen LogP contribution in [0.4, 0.5) is 0 Å². The Morgan fingerprint density at radius 2 is 2.05 bits per heavy atom. The number of nitrogens with two attached hydrogens (primary N) is 1. The van der Waals surface area contributed by atoms with E-state index < -0.39 is 0 Å². The number of rotatable bonds is 2. The van der Waals surface area contributed by atoms with E-state index in [0.29, 0.717) is 10.3 Å². The first-order valence-electron chi connectivity index (χ1n) is 6.90. The molecule has 1 aromatic heterocycles. The van der Waals surface area contributed by atoms with Crippen LogP contribution in [0.15, 0.2) is 57.8 Å². The molecule has 0 aliphatic carbocycles. The van der Waals surface area contributed by atoms with Crippen molar-refractivity contribution < 1.29 is 4.42 Å². The lowest BCUT2D eigenvalue weighted by atomic mass is 10.0. The lowest BCUT2D eigenvalue weighted by Gasteiger charge is -2.15. The van der Waals surface area contributed by atoms with E-state index in [1.54, 1.807) is 0 Å². The van der Waals surface area contributed by atoms with E-state index in [1.165, 1.54) is 10.5 Å². The normalized spacial score (nSPS) is 18.9. The second-order valence-corrected chi connectivity index (χ2v) is 6.99. The zero-order chi connectivity index (χ0) is 14.4. The van der Waals surface area contributed by atoms with Crippen LogP contribution in [0, 0.1) is 0 Å². The first kappa shape index (κ1) is 13.3. The standard InChI is InChI=1S/C17H14ClNOS/c18-12-6-3-5-11-8-13(20-17(11)12)16(19)15-9-10-4-1-2-7-14(10)21-15/h1-8,15-16H,9,19H2. The average molecular weight is 316 g/mol. The first-order valence-corrected chi connectivity index (χ1v) is 8.16. The van der Waals surface area contributed by atoms with E-state index in [9.17, 15) is 0 Å². The van der Waals surface area contributed by atoms with E-state index in [0.717, 1.165) is 23.2 Å². The van der Waals surface area contributed by atoms with Crippen molar-refractivity contribution in [1.29, 1.82) is 0 Å².